The number of nitrogens with one attached hydrogen (secondary N) is 1. The third-order valence-corrected chi connectivity index (χ3v) is 3.06. The molecule has 0 radical (unpaired) electrons. The molecule has 0 aromatic carbocycles. The number of pyridine rings is 1. The summed E-state index contributed by atoms with van der Waals surface area (Å²) in [6, 6.07) is 1.10. The molecule has 2 aromatic rings. The van der Waals surface area contributed by atoms with Gasteiger partial charge in [0.15, 0.2) is 11.6 Å². The van der Waals surface area contributed by atoms with E-state index < -0.39 is 36.1 Å². The van der Waals surface area contributed by atoms with Crippen molar-refractivity contribution in [2.45, 2.75) is 6.42 Å². The third kappa shape index (κ3) is 3.22. The van der Waals surface area contributed by atoms with Crippen LogP contribution in [0, 0.1) is 5.82 Å². The smallest absolute Gasteiger partial charge is 0.327 e. The number of hydrogen-bond acceptors (Lipinski definition) is 4. The second-order valence-corrected chi connectivity index (χ2v) is 4.90. The van der Waals surface area contributed by atoms with Crippen molar-refractivity contribution in [3.05, 3.63) is 50.5 Å². The third-order valence-electron chi connectivity index (χ3n) is 2.63. The van der Waals surface area contributed by atoms with Gasteiger partial charge in [0.1, 0.15) is 5.82 Å². The minimum absolute atomic E-state index is 0.109. The molecule has 0 aliphatic carbocycles. The van der Waals surface area contributed by atoms with Crippen LogP contribution in [-0.2, 0) is 6.42 Å². The molecule has 0 spiro atoms. The largest absolute Gasteiger partial charge is 0.349 e. The van der Waals surface area contributed by atoms with Gasteiger partial charge in [-0.05, 0) is 22.0 Å². The Balaban J connectivity index is 2.53. The summed E-state index contributed by atoms with van der Waals surface area (Å²) < 4.78 is 40.3. The number of aromatic amines is 1. The van der Waals surface area contributed by atoms with Crippen LogP contribution in [0.4, 0.5) is 13.2 Å². The van der Waals surface area contributed by atoms with Crippen molar-refractivity contribution >= 4 is 15.9 Å². The zero-order chi connectivity index (χ0) is 15.6. The predicted molar refractivity (Wildman–Crippen MR) is 71.6 cm³/mol. The second kappa shape index (κ2) is 6.22. The normalized spacial score (nSPS) is 10.7. The quantitative estimate of drug-likeness (QED) is 0.861. The van der Waals surface area contributed by atoms with Gasteiger partial charge in [-0.2, -0.15) is 13.9 Å². The average molecular weight is 364 g/mol. The van der Waals surface area contributed by atoms with Crippen LogP contribution in [0.15, 0.2) is 33.2 Å². The van der Waals surface area contributed by atoms with Gasteiger partial charge in [0, 0.05) is 29.2 Å². The summed E-state index contributed by atoms with van der Waals surface area (Å²) in [4.78, 5) is 15.5. The van der Waals surface area contributed by atoms with E-state index >= 15 is 0 Å². The van der Waals surface area contributed by atoms with Gasteiger partial charge in [0.2, 0.25) is 0 Å². The van der Waals surface area contributed by atoms with Crippen LogP contribution in [0.5, 0.6) is 0 Å². The molecule has 6 nitrogen and oxygen atoms in total. The Kier molecular flexibility index (Phi) is 4.58. The molecule has 2 heterocycles. The summed E-state index contributed by atoms with van der Waals surface area (Å²) in [6.45, 7) is -0.403. The Morgan fingerprint density at radius 3 is 2.76 bits per heavy atom. The maximum Gasteiger partial charge on any atom is 0.349 e. The van der Waals surface area contributed by atoms with Gasteiger partial charge in [-0.15, -0.1) is 0 Å². The summed E-state index contributed by atoms with van der Waals surface area (Å²) in [7, 11) is 0. The second-order valence-electron chi connectivity index (χ2n) is 3.98. The fourth-order valence-electron chi connectivity index (χ4n) is 1.65. The molecule has 0 saturated heterocycles. The highest BCUT2D eigenvalue weighted by atomic mass is 79.9. The molecule has 0 aliphatic heterocycles. The van der Waals surface area contributed by atoms with E-state index in [1.807, 2.05) is 0 Å². The minimum Gasteiger partial charge on any atom is -0.327 e. The van der Waals surface area contributed by atoms with Crippen LogP contribution in [0.25, 0.3) is 5.82 Å². The number of halogens is 4. The molecule has 0 saturated carbocycles. The van der Waals surface area contributed by atoms with E-state index in [1.54, 1.807) is 0 Å². The molecule has 0 bridgehead atoms. The standard InChI is InChI=1S/C11H9BrF3N5O/c12-6-2-7(13)10(17-4-6)20-8(18-19-11(20)21)1-5(3-16)9(14)15/h2,4H,1,3,16H2,(H,19,21). The fraction of sp³-hybridized carbons (Fsp3) is 0.182. The molecule has 0 atom stereocenters. The Hall–Kier alpha value is -1.94. The lowest BCUT2D eigenvalue weighted by Crippen LogP contribution is -2.20. The van der Waals surface area contributed by atoms with Crippen molar-refractivity contribution in [1.29, 1.82) is 0 Å². The minimum atomic E-state index is -1.95. The van der Waals surface area contributed by atoms with Crippen molar-refractivity contribution in [3.63, 3.8) is 0 Å². The molecule has 0 fully saturated rings. The number of H-pyrrole nitrogens is 1. The van der Waals surface area contributed by atoms with Gasteiger partial charge in [-0.25, -0.2) is 23.8 Å². The maximum atomic E-state index is 13.9. The lowest BCUT2D eigenvalue weighted by atomic mass is 10.2. The molecular formula is C11H9BrF3N5O. The molecule has 21 heavy (non-hydrogen) atoms. The van der Waals surface area contributed by atoms with Crippen molar-refractivity contribution in [2.24, 2.45) is 5.73 Å². The fourth-order valence-corrected chi connectivity index (χ4v) is 1.95. The highest BCUT2D eigenvalue weighted by Gasteiger charge is 2.18. The summed E-state index contributed by atoms with van der Waals surface area (Å²) in [5, 5.41) is 5.69. The zero-order valence-corrected chi connectivity index (χ0v) is 12.0. The van der Waals surface area contributed by atoms with Crippen LogP contribution in [0.2, 0.25) is 0 Å². The van der Waals surface area contributed by atoms with Crippen LogP contribution >= 0.6 is 15.9 Å². The van der Waals surface area contributed by atoms with E-state index in [4.69, 9.17) is 5.73 Å². The first kappa shape index (κ1) is 15.4. The van der Waals surface area contributed by atoms with E-state index in [0.29, 0.717) is 4.47 Å². The van der Waals surface area contributed by atoms with E-state index in [1.165, 1.54) is 6.20 Å². The topological polar surface area (TPSA) is 89.6 Å². The molecule has 0 amide bonds. The predicted octanol–water partition coefficient (Wildman–Crippen LogP) is 1.51. The summed E-state index contributed by atoms with van der Waals surface area (Å²) in [6.07, 6.45) is -1.07. The summed E-state index contributed by atoms with van der Waals surface area (Å²) >= 11 is 3.03. The van der Waals surface area contributed by atoms with Crippen molar-refractivity contribution in [2.75, 3.05) is 6.54 Å². The lowest BCUT2D eigenvalue weighted by molar-refractivity contribution is 0.407. The monoisotopic (exact) mass is 363 g/mol. The summed E-state index contributed by atoms with van der Waals surface area (Å²) in [5.41, 5.74) is 4.03. The van der Waals surface area contributed by atoms with Crippen LogP contribution in [0.3, 0.4) is 0 Å². The lowest BCUT2D eigenvalue weighted by Gasteiger charge is -2.07. The highest BCUT2D eigenvalue weighted by molar-refractivity contribution is 9.10. The van der Waals surface area contributed by atoms with Gasteiger partial charge >= 0.3 is 5.69 Å². The number of nitrogens with zero attached hydrogens (tertiary/aromatic N) is 3. The number of hydrogen-bond donors (Lipinski definition) is 2. The van der Waals surface area contributed by atoms with Crippen LogP contribution in [-0.4, -0.2) is 26.3 Å². The Labute approximate surface area is 124 Å². The molecule has 3 N–H and O–H groups in total. The van der Waals surface area contributed by atoms with E-state index in [-0.39, 0.29) is 11.6 Å². The van der Waals surface area contributed by atoms with Crippen molar-refractivity contribution < 1.29 is 13.2 Å². The Bertz CT molecular complexity index is 751. The Morgan fingerprint density at radius 1 is 1.48 bits per heavy atom. The molecule has 2 rings (SSSR count). The van der Waals surface area contributed by atoms with Gasteiger partial charge in [-0.3, -0.25) is 0 Å². The number of nitrogens with two attached hydrogens (primary N) is 1. The van der Waals surface area contributed by atoms with E-state index in [2.05, 4.69) is 31.1 Å². The molecule has 0 aliphatic rings. The first-order valence-corrected chi connectivity index (χ1v) is 6.44. The zero-order valence-electron chi connectivity index (χ0n) is 10.4. The first-order valence-electron chi connectivity index (χ1n) is 5.64. The molecule has 2 aromatic heterocycles. The Morgan fingerprint density at radius 2 is 2.19 bits per heavy atom. The van der Waals surface area contributed by atoms with Gasteiger partial charge in [0.25, 0.3) is 6.08 Å². The molecular weight excluding hydrogens is 355 g/mol. The van der Waals surface area contributed by atoms with Crippen molar-refractivity contribution in [3.8, 4) is 5.82 Å². The maximum absolute atomic E-state index is 13.9. The number of rotatable bonds is 4. The highest BCUT2D eigenvalue weighted by Crippen LogP contribution is 2.17. The average Bonchev–Trinajstić information content (AvgIpc) is 2.77. The number of aromatic nitrogens is 4. The molecule has 0 unspecified atom stereocenters. The van der Waals surface area contributed by atoms with Gasteiger partial charge < -0.3 is 5.73 Å². The van der Waals surface area contributed by atoms with Gasteiger partial charge in [-0.1, -0.05) is 0 Å². The van der Waals surface area contributed by atoms with Gasteiger partial charge in [0.05, 0.1) is 0 Å². The van der Waals surface area contributed by atoms with Crippen LogP contribution in [0.1, 0.15) is 5.82 Å². The van der Waals surface area contributed by atoms with E-state index in [9.17, 15) is 18.0 Å². The summed E-state index contributed by atoms with van der Waals surface area (Å²) in [5.74, 6) is -1.24. The SMILES string of the molecule is NCC(Cc1n[nH]c(=O)n1-c1ncc(Br)cc1F)=C(F)F. The van der Waals surface area contributed by atoms with Crippen molar-refractivity contribution in [1.82, 2.24) is 19.7 Å². The molecule has 112 valence electrons. The first-order chi connectivity index (χ1) is 9.93. The van der Waals surface area contributed by atoms with E-state index in [0.717, 1.165) is 10.6 Å². The van der Waals surface area contributed by atoms with Crippen LogP contribution < -0.4 is 11.4 Å². The molecule has 10 heteroatoms.